The fourth-order valence-electron chi connectivity index (χ4n) is 2.39. The molecule has 0 atom stereocenters. The molecule has 2 saturated carbocycles. The molecule has 2 aliphatic carbocycles. The van der Waals surface area contributed by atoms with Crippen LogP contribution in [0.1, 0.15) is 51.4 Å². The fourth-order valence-corrected chi connectivity index (χ4v) is 2.39. The first-order chi connectivity index (χ1) is 8.49. The number of nitrogens with one attached hydrogen (secondary N) is 1. The first kappa shape index (κ1) is 14.1. The van der Waals surface area contributed by atoms with Gasteiger partial charge in [-0.25, -0.2) is 0 Å². The van der Waals surface area contributed by atoms with Gasteiger partial charge in [0.25, 0.3) is 0 Å². The molecule has 0 saturated heterocycles. The number of halogens is 3. The molecule has 2 fully saturated rings. The Morgan fingerprint density at radius 1 is 1.22 bits per heavy atom. The SMILES string of the molecule is FC(F)(F)CCCOC1(CCNC2CC2)CCC1. The van der Waals surface area contributed by atoms with Crippen LogP contribution in [0.3, 0.4) is 0 Å². The Morgan fingerprint density at radius 3 is 2.44 bits per heavy atom. The molecule has 0 spiro atoms. The predicted molar refractivity (Wildman–Crippen MR) is 63.5 cm³/mol. The van der Waals surface area contributed by atoms with Gasteiger partial charge in [-0.15, -0.1) is 0 Å². The molecule has 0 aromatic rings. The Hall–Kier alpha value is -0.290. The van der Waals surface area contributed by atoms with Crippen LogP contribution < -0.4 is 5.32 Å². The lowest BCUT2D eigenvalue weighted by Crippen LogP contribution is -2.43. The second-order valence-corrected chi connectivity index (χ2v) is 5.58. The third kappa shape index (κ3) is 4.76. The van der Waals surface area contributed by atoms with Crippen LogP contribution in [0.2, 0.25) is 0 Å². The molecule has 106 valence electrons. The summed E-state index contributed by atoms with van der Waals surface area (Å²) in [5, 5.41) is 3.44. The minimum absolute atomic E-state index is 0.0846. The van der Waals surface area contributed by atoms with E-state index in [2.05, 4.69) is 5.32 Å². The molecule has 5 heteroatoms. The maximum Gasteiger partial charge on any atom is 0.389 e. The van der Waals surface area contributed by atoms with E-state index in [1.807, 2.05) is 0 Å². The zero-order chi connectivity index (χ0) is 13.1. The van der Waals surface area contributed by atoms with Crippen LogP contribution in [0.5, 0.6) is 0 Å². The van der Waals surface area contributed by atoms with Crippen LogP contribution in [-0.4, -0.2) is 31.0 Å². The fraction of sp³-hybridized carbons (Fsp3) is 1.00. The molecular formula is C13H22F3NO. The molecule has 0 heterocycles. The maximum atomic E-state index is 12.0. The molecule has 0 aromatic heterocycles. The summed E-state index contributed by atoms with van der Waals surface area (Å²) in [5.74, 6) is 0. The van der Waals surface area contributed by atoms with Gasteiger partial charge < -0.3 is 10.1 Å². The van der Waals surface area contributed by atoms with E-state index in [-0.39, 0.29) is 18.6 Å². The van der Waals surface area contributed by atoms with Crippen molar-refractivity contribution in [3.8, 4) is 0 Å². The van der Waals surface area contributed by atoms with E-state index in [0.29, 0.717) is 6.04 Å². The summed E-state index contributed by atoms with van der Waals surface area (Å²) in [6, 6.07) is 0.687. The molecule has 1 N–H and O–H groups in total. The quantitative estimate of drug-likeness (QED) is 0.679. The molecule has 0 amide bonds. The molecule has 2 nitrogen and oxygen atoms in total. The summed E-state index contributed by atoms with van der Waals surface area (Å²) >= 11 is 0. The van der Waals surface area contributed by atoms with Gasteiger partial charge in [-0.2, -0.15) is 13.2 Å². The highest BCUT2D eigenvalue weighted by atomic mass is 19.4. The monoisotopic (exact) mass is 265 g/mol. The third-order valence-corrected chi connectivity index (χ3v) is 3.87. The van der Waals surface area contributed by atoms with E-state index in [9.17, 15) is 13.2 Å². The number of ether oxygens (including phenoxy) is 1. The number of alkyl halides is 3. The van der Waals surface area contributed by atoms with E-state index in [1.165, 1.54) is 12.8 Å². The van der Waals surface area contributed by atoms with Gasteiger partial charge in [0.1, 0.15) is 0 Å². The van der Waals surface area contributed by atoms with Crippen molar-refractivity contribution in [2.45, 2.75) is 69.2 Å². The lowest BCUT2D eigenvalue weighted by molar-refractivity contribution is -0.148. The zero-order valence-electron chi connectivity index (χ0n) is 10.7. The Balaban J connectivity index is 1.58. The van der Waals surface area contributed by atoms with Gasteiger partial charge in [0, 0.05) is 19.1 Å². The highest BCUT2D eigenvalue weighted by molar-refractivity contribution is 4.91. The second-order valence-electron chi connectivity index (χ2n) is 5.58. The normalized spacial score (nSPS) is 22.8. The molecule has 18 heavy (non-hydrogen) atoms. The Bertz CT molecular complexity index is 259. The van der Waals surface area contributed by atoms with Crippen LogP contribution >= 0.6 is 0 Å². The standard InChI is InChI=1S/C13H22F3NO/c14-13(15,16)7-2-10-18-12(5-1-6-12)8-9-17-11-3-4-11/h11,17H,1-10H2. The van der Waals surface area contributed by atoms with E-state index < -0.39 is 12.6 Å². The second kappa shape index (κ2) is 5.78. The Kier molecular flexibility index (Phi) is 4.54. The Labute approximate surface area is 106 Å². The van der Waals surface area contributed by atoms with Gasteiger partial charge >= 0.3 is 6.18 Å². The topological polar surface area (TPSA) is 21.3 Å². The van der Waals surface area contributed by atoms with Gasteiger partial charge in [-0.3, -0.25) is 0 Å². The average Bonchev–Trinajstić information content (AvgIpc) is 3.01. The van der Waals surface area contributed by atoms with Gasteiger partial charge in [0.2, 0.25) is 0 Å². The summed E-state index contributed by atoms with van der Waals surface area (Å²) in [7, 11) is 0. The molecule has 2 aliphatic rings. The summed E-state index contributed by atoms with van der Waals surface area (Å²) in [4.78, 5) is 0. The summed E-state index contributed by atoms with van der Waals surface area (Å²) in [6.07, 6.45) is 1.92. The van der Waals surface area contributed by atoms with Crippen LogP contribution in [0.25, 0.3) is 0 Å². The van der Waals surface area contributed by atoms with Crippen molar-refractivity contribution in [1.82, 2.24) is 5.32 Å². The minimum Gasteiger partial charge on any atom is -0.375 e. The highest BCUT2D eigenvalue weighted by Crippen LogP contribution is 2.39. The molecule has 0 radical (unpaired) electrons. The van der Waals surface area contributed by atoms with Crippen LogP contribution in [0.4, 0.5) is 13.2 Å². The molecular weight excluding hydrogens is 243 g/mol. The van der Waals surface area contributed by atoms with Crippen LogP contribution in [-0.2, 0) is 4.74 Å². The van der Waals surface area contributed by atoms with Crippen molar-refractivity contribution in [2.24, 2.45) is 0 Å². The molecule has 2 rings (SSSR count). The molecule has 0 unspecified atom stereocenters. The van der Waals surface area contributed by atoms with Crippen LogP contribution in [0, 0.1) is 0 Å². The summed E-state index contributed by atoms with van der Waals surface area (Å²) in [5.41, 5.74) is -0.118. The van der Waals surface area contributed by atoms with Crippen molar-refractivity contribution >= 4 is 0 Å². The smallest absolute Gasteiger partial charge is 0.375 e. The van der Waals surface area contributed by atoms with Gasteiger partial charge in [0.05, 0.1) is 5.60 Å². The highest BCUT2D eigenvalue weighted by Gasteiger charge is 2.38. The minimum atomic E-state index is -4.05. The summed E-state index contributed by atoms with van der Waals surface area (Å²) in [6.45, 7) is 1.17. The zero-order valence-corrected chi connectivity index (χ0v) is 10.7. The van der Waals surface area contributed by atoms with Crippen molar-refractivity contribution < 1.29 is 17.9 Å². The first-order valence-electron chi connectivity index (χ1n) is 6.93. The van der Waals surface area contributed by atoms with Crippen molar-refractivity contribution in [3.05, 3.63) is 0 Å². The van der Waals surface area contributed by atoms with Gasteiger partial charge in [-0.1, -0.05) is 0 Å². The largest absolute Gasteiger partial charge is 0.389 e. The van der Waals surface area contributed by atoms with Gasteiger partial charge in [-0.05, 0) is 51.5 Å². The first-order valence-corrected chi connectivity index (χ1v) is 6.93. The van der Waals surface area contributed by atoms with E-state index in [1.54, 1.807) is 0 Å². The molecule has 0 bridgehead atoms. The van der Waals surface area contributed by atoms with E-state index in [4.69, 9.17) is 4.74 Å². The predicted octanol–water partition coefficient (Wildman–Crippen LogP) is 3.41. The lowest BCUT2D eigenvalue weighted by Gasteiger charge is -2.42. The lowest BCUT2D eigenvalue weighted by atomic mass is 9.77. The van der Waals surface area contributed by atoms with Crippen molar-refractivity contribution in [2.75, 3.05) is 13.2 Å². The van der Waals surface area contributed by atoms with Crippen LogP contribution in [0.15, 0.2) is 0 Å². The van der Waals surface area contributed by atoms with Crippen molar-refractivity contribution in [3.63, 3.8) is 0 Å². The third-order valence-electron chi connectivity index (χ3n) is 3.87. The summed E-state index contributed by atoms with van der Waals surface area (Å²) < 4.78 is 41.7. The number of hydrogen-bond donors (Lipinski definition) is 1. The van der Waals surface area contributed by atoms with Gasteiger partial charge in [0.15, 0.2) is 0 Å². The number of rotatable bonds is 8. The Morgan fingerprint density at radius 2 is 1.94 bits per heavy atom. The maximum absolute atomic E-state index is 12.0. The number of hydrogen-bond acceptors (Lipinski definition) is 2. The molecule has 0 aliphatic heterocycles. The average molecular weight is 265 g/mol. The van der Waals surface area contributed by atoms with E-state index >= 15 is 0 Å². The van der Waals surface area contributed by atoms with Crippen molar-refractivity contribution in [1.29, 1.82) is 0 Å². The molecule has 0 aromatic carbocycles. The van der Waals surface area contributed by atoms with E-state index in [0.717, 1.165) is 32.2 Å².